The van der Waals surface area contributed by atoms with E-state index in [9.17, 15) is 14.7 Å². The number of aromatic hydroxyl groups is 1. The zero-order valence-electron chi connectivity index (χ0n) is 18.0. The number of rotatable bonds is 9. The van der Waals surface area contributed by atoms with Gasteiger partial charge in [-0.05, 0) is 31.5 Å². The molecule has 0 saturated heterocycles. The van der Waals surface area contributed by atoms with E-state index in [1.807, 2.05) is 30.3 Å². The molecule has 7 nitrogen and oxygen atoms in total. The zero-order valence-corrected chi connectivity index (χ0v) is 18.0. The molecule has 1 aromatic carbocycles. The molecule has 3 rings (SSSR count). The first-order chi connectivity index (χ1) is 15.0. The molecule has 164 valence electrons. The fraction of sp³-hybridized carbons (Fsp3) is 0.333. The summed E-state index contributed by atoms with van der Waals surface area (Å²) in [6.45, 7) is 2.70. The fourth-order valence-electron chi connectivity index (χ4n) is 3.63. The second-order valence-corrected chi connectivity index (χ2v) is 7.29. The number of methoxy groups -OCH3 is 2. The molecule has 2 heterocycles. The van der Waals surface area contributed by atoms with Crippen LogP contribution in [-0.4, -0.2) is 36.5 Å². The summed E-state index contributed by atoms with van der Waals surface area (Å²) < 4.78 is 17.5. The highest BCUT2D eigenvalue weighted by Gasteiger charge is 2.29. The fourth-order valence-corrected chi connectivity index (χ4v) is 3.63. The van der Waals surface area contributed by atoms with E-state index in [0.29, 0.717) is 36.8 Å². The van der Waals surface area contributed by atoms with E-state index in [1.165, 1.54) is 13.2 Å². The average molecular weight is 425 g/mol. The minimum absolute atomic E-state index is 0.113. The Balaban J connectivity index is 2.07. The van der Waals surface area contributed by atoms with Gasteiger partial charge in [0, 0.05) is 31.5 Å². The Hall–Kier alpha value is -3.32. The van der Waals surface area contributed by atoms with Crippen LogP contribution in [0.1, 0.15) is 35.8 Å². The van der Waals surface area contributed by atoms with E-state index < -0.39 is 11.9 Å². The van der Waals surface area contributed by atoms with Crippen LogP contribution in [0.15, 0.2) is 57.7 Å². The van der Waals surface area contributed by atoms with Crippen LogP contribution in [-0.2, 0) is 20.8 Å². The maximum Gasteiger partial charge on any atom is 0.306 e. The average Bonchev–Trinajstić information content (AvgIpc) is 3.25. The summed E-state index contributed by atoms with van der Waals surface area (Å²) in [7, 11) is 2.89. The Morgan fingerprint density at radius 1 is 1.16 bits per heavy atom. The predicted molar refractivity (Wildman–Crippen MR) is 116 cm³/mol. The number of carbonyl (C=O) groups excluding carboxylic acids is 1. The normalized spacial score (nSPS) is 12.0. The van der Waals surface area contributed by atoms with Crippen LogP contribution in [0, 0.1) is 6.92 Å². The van der Waals surface area contributed by atoms with Gasteiger partial charge in [-0.25, -0.2) is 0 Å². The predicted octanol–water partition coefficient (Wildman–Crippen LogP) is 3.85. The number of hydrogen-bond donors (Lipinski definition) is 1. The molecule has 1 unspecified atom stereocenters. The third kappa shape index (κ3) is 5.06. The van der Waals surface area contributed by atoms with E-state index in [2.05, 4.69) is 0 Å². The number of ether oxygens (including phenoxy) is 2. The molecule has 0 fully saturated rings. The summed E-state index contributed by atoms with van der Waals surface area (Å²) >= 11 is 0. The highest BCUT2D eigenvalue weighted by Crippen LogP contribution is 2.35. The summed E-state index contributed by atoms with van der Waals surface area (Å²) in [5.74, 6) is -0.446. The minimum atomic E-state index is -0.785. The van der Waals surface area contributed by atoms with Crippen LogP contribution in [0.25, 0.3) is 11.3 Å². The molecule has 2 aromatic heterocycles. The first kappa shape index (κ1) is 22.4. The van der Waals surface area contributed by atoms with Crippen LogP contribution >= 0.6 is 0 Å². The van der Waals surface area contributed by atoms with Gasteiger partial charge in [0.2, 0.25) is 0 Å². The first-order valence-electron chi connectivity index (χ1n) is 10.1. The molecule has 0 bridgehead atoms. The van der Waals surface area contributed by atoms with E-state index in [-0.39, 0.29) is 23.3 Å². The molecule has 0 spiro atoms. The number of hydrogen-bond acceptors (Lipinski definition) is 6. The smallest absolute Gasteiger partial charge is 0.306 e. The van der Waals surface area contributed by atoms with Crippen molar-refractivity contribution >= 4 is 5.97 Å². The Morgan fingerprint density at radius 3 is 2.58 bits per heavy atom. The van der Waals surface area contributed by atoms with Gasteiger partial charge in [-0.3, -0.25) is 9.59 Å². The number of nitrogens with zero attached hydrogens (tertiary/aromatic N) is 1. The third-order valence-corrected chi connectivity index (χ3v) is 5.23. The number of furan rings is 1. The summed E-state index contributed by atoms with van der Waals surface area (Å²) in [6.07, 6.45) is 0.504. The van der Waals surface area contributed by atoms with E-state index in [4.69, 9.17) is 13.9 Å². The summed E-state index contributed by atoms with van der Waals surface area (Å²) in [4.78, 5) is 25.5. The molecule has 0 radical (unpaired) electrons. The number of pyridine rings is 1. The SMILES string of the molecule is COCCCn1c(C)cc(O)c(C(CC(=O)OC)c2ccc(-c3ccccc3)o2)c1=O. The van der Waals surface area contributed by atoms with Crippen LogP contribution in [0.3, 0.4) is 0 Å². The molecule has 0 aliphatic carbocycles. The van der Waals surface area contributed by atoms with Crippen molar-refractivity contribution in [2.24, 2.45) is 0 Å². The minimum Gasteiger partial charge on any atom is -0.507 e. The van der Waals surface area contributed by atoms with Crippen LogP contribution in [0.5, 0.6) is 5.75 Å². The standard InChI is InChI=1S/C24H27NO6/c1-16-14-19(26)23(24(28)25(16)12-7-13-29-2)18(15-22(27)30-3)21-11-10-20(31-21)17-8-5-4-6-9-17/h4-6,8-11,14,18,26H,7,12-13,15H2,1-3H3. The van der Waals surface area contributed by atoms with Crippen molar-refractivity contribution in [3.05, 3.63) is 75.9 Å². The van der Waals surface area contributed by atoms with Gasteiger partial charge >= 0.3 is 5.97 Å². The molecule has 3 aromatic rings. The molecule has 7 heteroatoms. The maximum atomic E-state index is 13.3. The lowest BCUT2D eigenvalue weighted by molar-refractivity contribution is -0.140. The molecule has 1 N–H and O–H groups in total. The maximum absolute atomic E-state index is 13.3. The summed E-state index contributed by atoms with van der Waals surface area (Å²) in [5.41, 5.74) is 1.25. The largest absolute Gasteiger partial charge is 0.507 e. The molecule has 31 heavy (non-hydrogen) atoms. The van der Waals surface area contributed by atoms with Gasteiger partial charge in [-0.15, -0.1) is 0 Å². The van der Waals surface area contributed by atoms with Crippen molar-refractivity contribution in [2.75, 3.05) is 20.8 Å². The van der Waals surface area contributed by atoms with E-state index >= 15 is 0 Å². The quantitative estimate of drug-likeness (QED) is 0.414. The number of aryl methyl sites for hydroxylation is 1. The number of esters is 1. The highest BCUT2D eigenvalue weighted by atomic mass is 16.5. The summed E-state index contributed by atoms with van der Waals surface area (Å²) in [5, 5.41) is 10.7. The van der Waals surface area contributed by atoms with Crippen LogP contribution in [0.4, 0.5) is 0 Å². The molecule has 0 aliphatic heterocycles. The molecule has 1 atom stereocenters. The van der Waals surface area contributed by atoms with Gasteiger partial charge in [0.05, 0.1) is 25.0 Å². The number of carbonyl (C=O) groups is 1. The van der Waals surface area contributed by atoms with Gasteiger partial charge in [0.1, 0.15) is 17.3 Å². The monoisotopic (exact) mass is 425 g/mol. The lowest BCUT2D eigenvalue weighted by atomic mass is 9.93. The van der Waals surface area contributed by atoms with Crippen molar-refractivity contribution < 1.29 is 23.8 Å². The number of benzene rings is 1. The highest BCUT2D eigenvalue weighted by molar-refractivity contribution is 5.71. The lowest BCUT2D eigenvalue weighted by Crippen LogP contribution is -2.29. The third-order valence-electron chi connectivity index (χ3n) is 5.23. The molecule has 0 aliphatic rings. The first-order valence-corrected chi connectivity index (χ1v) is 10.1. The Kier molecular flexibility index (Phi) is 7.31. The van der Waals surface area contributed by atoms with Gasteiger partial charge in [0.15, 0.2) is 0 Å². The lowest BCUT2D eigenvalue weighted by Gasteiger charge is -2.19. The Morgan fingerprint density at radius 2 is 1.90 bits per heavy atom. The van der Waals surface area contributed by atoms with Crippen molar-refractivity contribution in [3.63, 3.8) is 0 Å². The Labute approximate surface area is 180 Å². The van der Waals surface area contributed by atoms with Crippen molar-refractivity contribution in [1.29, 1.82) is 0 Å². The Bertz CT molecular complexity index is 1080. The van der Waals surface area contributed by atoms with E-state index in [1.54, 1.807) is 30.7 Å². The van der Waals surface area contributed by atoms with Crippen LogP contribution < -0.4 is 5.56 Å². The van der Waals surface area contributed by atoms with Crippen molar-refractivity contribution in [2.45, 2.75) is 32.2 Å². The van der Waals surface area contributed by atoms with E-state index in [0.717, 1.165) is 5.56 Å². The molecule has 0 saturated carbocycles. The second-order valence-electron chi connectivity index (χ2n) is 7.29. The van der Waals surface area contributed by atoms with Crippen molar-refractivity contribution in [1.82, 2.24) is 4.57 Å². The zero-order chi connectivity index (χ0) is 22.4. The number of aromatic nitrogens is 1. The van der Waals surface area contributed by atoms with Gasteiger partial charge in [0.25, 0.3) is 5.56 Å². The molecular formula is C24H27NO6. The van der Waals surface area contributed by atoms with Gasteiger partial charge < -0.3 is 23.6 Å². The van der Waals surface area contributed by atoms with Crippen LogP contribution in [0.2, 0.25) is 0 Å². The summed E-state index contributed by atoms with van der Waals surface area (Å²) in [6, 6.07) is 14.6. The molecular weight excluding hydrogens is 398 g/mol. The topological polar surface area (TPSA) is 90.9 Å². The van der Waals surface area contributed by atoms with Gasteiger partial charge in [-0.2, -0.15) is 0 Å². The van der Waals surface area contributed by atoms with Crippen molar-refractivity contribution in [3.8, 4) is 17.1 Å². The van der Waals surface area contributed by atoms with Gasteiger partial charge in [-0.1, -0.05) is 30.3 Å². The molecule has 0 amide bonds. The second kappa shape index (κ2) is 10.1.